The van der Waals surface area contributed by atoms with Gasteiger partial charge in [-0.05, 0) is 61.0 Å². The van der Waals surface area contributed by atoms with Gasteiger partial charge >= 0.3 is 0 Å². The summed E-state index contributed by atoms with van der Waals surface area (Å²) in [5.74, 6) is 1.47. The summed E-state index contributed by atoms with van der Waals surface area (Å²) in [6, 6.07) is 23.5. The highest BCUT2D eigenvalue weighted by molar-refractivity contribution is 6.36. The van der Waals surface area contributed by atoms with Gasteiger partial charge in [0.05, 0.1) is 16.8 Å². The lowest BCUT2D eigenvalue weighted by Crippen LogP contribution is -2.52. The number of anilines is 1. The van der Waals surface area contributed by atoms with Crippen molar-refractivity contribution in [3.63, 3.8) is 0 Å². The number of aromatic nitrogens is 2. The third kappa shape index (κ3) is 6.23. The minimum Gasteiger partial charge on any atom is -0.454 e. The monoisotopic (exact) mass is 617 g/mol. The molecule has 0 aliphatic carbocycles. The van der Waals surface area contributed by atoms with Gasteiger partial charge < -0.3 is 24.2 Å². The Hall–Kier alpha value is -4.34. The van der Waals surface area contributed by atoms with Crippen molar-refractivity contribution in [2.24, 2.45) is 0 Å². The van der Waals surface area contributed by atoms with Crippen LogP contribution in [-0.2, 0) is 4.79 Å². The summed E-state index contributed by atoms with van der Waals surface area (Å²) < 4.78 is 10.9. The van der Waals surface area contributed by atoms with Crippen molar-refractivity contribution in [3.8, 4) is 22.8 Å². The van der Waals surface area contributed by atoms with Gasteiger partial charge in [-0.3, -0.25) is 9.59 Å². The molecule has 6 rings (SSSR count). The first-order valence-corrected chi connectivity index (χ1v) is 14.7. The van der Waals surface area contributed by atoms with Crippen LogP contribution in [0.4, 0.5) is 5.82 Å². The van der Waals surface area contributed by atoms with Crippen molar-refractivity contribution in [2.45, 2.75) is 13.0 Å². The lowest BCUT2D eigenvalue weighted by molar-refractivity contribution is -0.132. The Morgan fingerprint density at radius 3 is 2.37 bits per heavy atom. The summed E-state index contributed by atoms with van der Waals surface area (Å²) in [5, 5.41) is 9.84. The quantitative estimate of drug-likeness (QED) is 0.262. The highest BCUT2D eigenvalue weighted by atomic mass is 35.5. The largest absolute Gasteiger partial charge is 0.454 e. The molecule has 11 heteroatoms. The maximum Gasteiger partial charge on any atom is 0.254 e. The maximum absolute atomic E-state index is 13.8. The lowest BCUT2D eigenvalue weighted by atomic mass is 10.0. The molecule has 3 heterocycles. The van der Waals surface area contributed by atoms with Gasteiger partial charge in [0.1, 0.15) is 6.54 Å². The van der Waals surface area contributed by atoms with E-state index in [0.29, 0.717) is 59.0 Å². The fourth-order valence-electron chi connectivity index (χ4n) is 5.26. The van der Waals surface area contributed by atoms with Crippen LogP contribution in [0, 0.1) is 0 Å². The summed E-state index contributed by atoms with van der Waals surface area (Å²) in [4.78, 5) is 32.9. The second-order valence-electron chi connectivity index (χ2n) is 10.4. The van der Waals surface area contributed by atoms with Gasteiger partial charge in [0, 0.05) is 42.3 Å². The van der Waals surface area contributed by atoms with Crippen molar-refractivity contribution in [1.29, 1.82) is 0 Å². The van der Waals surface area contributed by atoms with Crippen molar-refractivity contribution in [1.82, 2.24) is 20.0 Å². The fourth-order valence-corrected chi connectivity index (χ4v) is 5.76. The molecule has 0 saturated carbocycles. The molecule has 4 aromatic rings. The second kappa shape index (κ2) is 12.5. The normalized spacial score (nSPS) is 14.9. The van der Waals surface area contributed by atoms with Crippen LogP contribution in [0.5, 0.6) is 11.5 Å². The summed E-state index contributed by atoms with van der Waals surface area (Å²) in [6.07, 6.45) is 0. The second-order valence-corrected chi connectivity index (χ2v) is 11.2. The van der Waals surface area contributed by atoms with Crippen LogP contribution < -0.4 is 14.4 Å². The summed E-state index contributed by atoms with van der Waals surface area (Å²) in [7, 11) is 0. The molecule has 1 fully saturated rings. The molecule has 3 aromatic carbocycles. The number of fused-ring (bicyclic) bond motifs is 1. The Morgan fingerprint density at radius 2 is 1.65 bits per heavy atom. The van der Waals surface area contributed by atoms with Crippen LogP contribution in [-0.4, -0.2) is 71.3 Å². The average molecular weight is 619 g/mol. The number of carbonyl (C=O) groups excluding carboxylic acids is 2. The minimum absolute atomic E-state index is 0.0559. The molecular formula is C32H29Cl2N5O4. The molecule has 1 saturated heterocycles. The predicted octanol–water partition coefficient (Wildman–Crippen LogP) is 5.73. The van der Waals surface area contributed by atoms with E-state index in [2.05, 4.69) is 15.1 Å². The maximum atomic E-state index is 13.8. The molecule has 9 nitrogen and oxygen atoms in total. The van der Waals surface area contributed by atoms with Crippen molar-refractivity contribution >= 4 is 40.8 Å². The Labute approximate surface area is 259 Å². The molecule has 2 aliphatic rings. The molecule has 1 aromatic heterocycles. The number of hydrogen-bond donors (Lipinski definition) is 0. The SMILES string of the molecule is C[C@H](c1ccccc1)N(CC(=O)N1CCN(c2ccc(-c3ccc(Cl)cc3Cl)nn2)CC1)C(=O)c1ccc2c(c1)OCO2. The topological polar surface area (TPSA) is 88.1 Å². The van der Waals surface area contributed by atoms with E-state index < -0.39 is 0 Å². The number of benzene rings is 3. The molecule has 0 N–H and O–H groups in total. The third-order valence-electron chi connectivity index (χ3n) is 7.75. The molecule has 2 amide bonds. The molecule has 0 spiro atoms. The van der Waals surface area contributed by atoms with Gasteiger partial charge in [-0.1, -0.05) is 53.5 Å². The Morgan fingerprint density at radius 1 is 0.884 bits per heavy atom. The van der Waals surface area contributed by atoms with E-state index in [1.165, 1.54) is 0 Å². The number of nitrogens with zero attached hydrogens (tertiary/aromatic N) is 5. The molecule has 0 unspecified atom stereocenters. The zero-order chi connectivity index (χ0) is 29.9. The average Bonchev–Trinajstić information content (AvgIpc) is 3.52. The van der Waals surface area contributed by atoms with Gasteiger partial charge in [-0.25, -0.2) is 0 Å². The van der Waals surface area contributed by atoms with Crippen molar-refractivity contribution < 1.29 is 19.1 Å². The van der Waals surface area contributed by atoms with Crippen LogP contribution in [0.1, 0.15) is 28.9 Å². The lowest BCUT2D eigenvalue weighted by Gasteiger charge is -2.37. The van der Waals surface area contributed by atoms with Gasteiger partial charge in [-0.15, -0.1) is 10.2 Å². The fraction of sp³-hybridized carbons (Fsp3) is 0.250. The molecular weight excluding hydrogens is 589 g/mol. The van der Waals surface area contributed by atoms with E-state index >= 15 is 0 Å². The Bertz CT molecular complexity index is 1630. The summed E-state index contributed by atoms with van der Waals surface area (Å²) in [5.41, 5.74) is 2.78. The molecule has 220 valence electrons. The number of amides is 2. The number of hydrogen-bond acceptors (Lipinski definition) is 7. The van der Waals surface area contributed by atoms with Gasteiger partial charge in [-0.2, -0.15) is 0 Å². The van der Waals surface area contributed by atoms with Crippen LogP contribution in [0.15, 0.2) is 78.9 Å². The highest BCUT2D eigenvalue weighted by Gasteiger charge is 2.30. The third-order valence-corrected chi connectivity index (χ3v) is 8.30. The van der Waals surface area contributed by atoms with Crippen LogP contribution in [0.3, 0.4) is 0 Å². The van der Waals surface area contributed by atoms with Crippen molar-refractivity contribution in [2.75, 3.05) is 44.4 Å². The Kier molecular flexibility index (Phi) is 8.35. The van der Waals surface area contributed by atoms with E-state index in [1.807, 2.05) is 55.5 Å². The summed E-state index contributed by atoms with van der Waals surface area (Å²) in [6.45, 7) is 4.17. The first-order valence-electron chi connectivity index (χ1n) is 13.9. The van der Waals surface area contributed by atoms with Gasteiger partial charge in [0.25, 0.3) is 5.91 Å². The number of piperazine rings is 1. The van der Waals surface area contributed by atoms with Crippen LogP contribution >= 0.6 is 23.2 Å². The smallest absolute Gasteiger partial charge is 0.254 e. The number of halogens is 2. The van der Waals surface area contributed by atoms with E-state index in [9.17, 15) is 9.59 Å². The van der Waals surface area contributed by atoms with Gasteiger partial charge in [0.2, 0.25) is 12.7 Å². The Balaban J connectivity index is 1.13. The molecule has 43 heavy (non-hydrogen) atoms. The molecule has 1 atom stereocenters. The van der Waals surface area contributed by atoms with E-state index in [4.69, 9.17) is 32.7 Å². The van der Waals surface area contributed by atoms with Crippen LogP contribution in [0.25, 0.3) is 11.3 Å². The highest BCUT2D eigenvalue weighted by Crippen LogP contribution is 2.34. The standard InChI is InChI=1S/C32H29Cl2N5O4/c1-21(22-5-3-2-4-6-22)39(32(41)23-7-11-28-29(17-23)43-20-42-28)19-31(40)38-15-13-37(14-16-38)30-12-10-27(35-36-30)25-9-8-24(33)18-26(25)34/h2-12,17-18,21H,13-16,19-20H2,1H3/t21-/m1/s1. The van der Waals surface area contributed by atoms with Crippen molar-refractivity contribution in [3.05, 3.63) is 100 Å². The molecule has 0 radical (unpaired) electrons. The van der Waals surface area contributed by atoms with E-state index in [0.717, 1.165) is 16.9 Å². The number of carbonyl (C=O) groups is 2. The first-order chi connectivity index (χ1) is 20.9. The van der Waals surface area contributed by atoms with Gasteiger partial charge in [0.15, 0.2) is 17.3 Å². The molecule has 0 bridgehead atoms. The minimum atomic E-state index is -0.327. The van der Waals surface area contributed by atoms with E-state index in [1.54, 1.807) is 40.1 Å². The molecule has 2 aliphatic heterocycles. The zero-order valence-electron chi connectivity index (χ0n) is 23.5. The van der Waals surface area contributed by atoms with Crippen LogP contribution in [0.2, 0.25) is 10.0 Å². The first kappa shape index (κ1) is 28.8. The summed E-state index contributed by atoms with van der Waals surface area (Å²) >= 11 is 12.3. The zero-order valence-corrected chi connectivity index (χ0v) is 25.0. The number of rotatable bonds is 7. The van der Waals surface area contributed by atoms with E-state index in [-0.39, 0.29) is 31.2 Å². The predicted molar refractivity (Wildman–Crippen MR) is 165 cm³/mol. The number of ether oxygens (including phenoxy) is 2.